The van der Waals surface area contributed by atoms with E-state index in [1.54, 1.807) is 6.92 Å². The molecule has 0 fully saturated rings. The van der Waals surface area contributed by atoms with Gasteiger partial charge in [0.2, 0.25) is 0 Å². The lowest BCUT2D eigenvalue weighted by molar-refractivity contribution is -0.126. The highest BCUT2D eigenvalue weighted by Gasteiger charge is 2.20. The highest BCUT2D eigenvalue weighted by atomic mass is 16.5. The third-order valence-corrected chi connectivity index (χ3v) is 2.09. The summed E-state index contributed by atoms with van der Waals surface area (Å²) in [5.74, 6) is -0.0527. The maximum atomic E-state index is 11.8. The zero-order valence-corrected chi connectivity index (χ0v) is 9.19. The van der Waals surface area contributed by atoms with Gasteiger partial charge in [0.05, 0.1) is 0 Å². The molecule has 2 nitrogen and oxygen atoms in total. The van der Waals surface area contributed by atoms with E-state index in [0.29, 0.717) is 12.2 Å². The Morgan fingerprint density at radius 3 is 2.47 bits per heavy atom. The summed E-state index contributed by atoms with van der Waals surface area (Å²) in [5.41, 5.74) is 1.41. The summed E-state index contributed by atoms with van der Waals surface area (Å²) in [5, 5.41) is 0. The van der Waals surface area contributed by atoms with Gasteiger partial charge in [0.25, 0.3) is 0 Å². The normalized spacial score (nSPS) is 12.1. The summed E-state index contributed by atoms with van der Waals surface area (Å²) >= 11 is 0. The number of carbonyl (C=O) groups excluding carboxylic acids is 1. The second kappa shape index (κ2) is 5.47. The summed E-state index contributed by atoms with van der Waals surface area (Å²) in [6.07, 6.45) is -0.506. The van der Waals surface area contributed by atoms with Crippen molar-refractivity contribution in [3.63, 3.8) is 0 Å². The molecule has 0 spiro atoms. The molecule has 0 aliphatic carbocycles. The summed E-state index contributed by atoms with van der Waals surface area (Å²) in [6.45, 7) is 7.75. The molecule has 0 bridgehead atoms. The van der Waals surface area contributed by atoms with E-state index in [2.05, 4.69) is 6.58 Å². The fourth-order valence-electron chi connectivity index (χ4n) is 1.34. The molecule has 80 valence electrons. The third kappa shape index (κ3) is 3.03. The average Bonchev–Trinajstić information content (AvgIpc) is 2.26. The first-order chi connectivity index (χ1) is 7.16. The van der Waals surface area contributed by atoms with Gasteiger partial charge in [-0.1, -0.05) is 36.9 Å². The number of ketones is 1. The van der Waals surface area contributed by atoms with Crippen molar-refractivity contribution in [2.75, 3.05) is 6.61 Å². The van der Waals surface area contributed by atoms with E-state index >= 15 is 0 Å². The summed E-state index contributed by atoms with van der Waals surface area (Å²) in [7, 11) is 0. The summed E-state index contributed by atoms with van der Waals surface area (Å²) < 4.78 is 5.44. The van der Waals surface area contributed by atoms with Gasteiger partial charge in [-0.05, 0) is 25.0 Å². The van der Waals surface area contributed by atoms with Crippen LogP contribution in [0, 0.1) is 0 Å². The van der Waals surface area contributed by atoms with Gasteiger partial charge in [0, 0.05) is 6.61 Å². The average molecular weight is 204 g/mol. The molecule has 0 heterocycles. The molecule has 1 atom stereocenters. The molecule has 1 aromatic rings. The zero-order chi connectivity index (χ0) is 11.3. The third-order valence-electron chi connectivity index (χ3n) is 2.09. The van der Waals surface area contributed by atoms with Gasteiger partial charge >= 0.3 is 0 Å². The fraction of sp³-hybridized carbons (Fsp3) is 0.308. The first kappa shape index (κ1) is 11.7. The van der Waals surface area contributed by atoms with Crippen LogP contribution in [0.5, 0.6) is 0 Å². The molecule has 1 aromatic carbocycles. The van der Waals surface area contributed by atoms with E-state index in [-0.39, 0.29) is 5.78 Å². The van der Waals surface area contributed by atoms with Crippen LogP contribution in [0.3, 0.4) is 0 Å². The van der Waals surface area contributed by atoms with Crippen LogP contribution in [0.25, 0.3) is 0 Å². The lowest BCUT2D eigenvalue weighted by Crippen LogP contribution is -2.16. The Morgan fingerprint density at radius 1 is 1.40 bits per heavy atom. The maximum absolute atomic E-state index is 11.8. The number of ether oxygens (including phenoxy) is 1. The smallest absolute Gasteiger partial charge is 0.191 e. The Balaban J connectivity index is 2.93. The molecule has 1 rings (SSSR count). The number of rotatable bonds is 5. The molecule has 0 radical (unpaired) electrons. The van der Waals surface area contributed by atoms with Crippen molar-refractivity contribution in [2.24, 2.45) is 0 Å². The van der Waals surface area contributed by atoms with Crippen molar-refractivity contribution in [1.29, 1.82) is 0 Å². The minimum absolute atomic E-state index is 0.0527. The van der Waals surface area contributed by atoms with Crippen LogP contribution < -0.4 is 0 Å². The predicted molar refractivity (Wildman–Crippen MR) is 60.6 cm³/mol. The van der Waals surface area contributed by atoms with E-state index < -0.39 is 6.10 Å². The van der Waals surface area contributed by atoms with Gasteiger partial charge in [-0.2, -0.15) is 0 Å². The Bertz CT molecular complexity index is 341. The molecule has 2 heteroatoms. The highest BCUT2D eigenvalue weighted by Crippen LogP contribution is 2.20. The Kier molecular flexibility index (Phi) is 4.25. The number of carbonyl (C=O) groups is 1. The fourth-order valence-corrected chi connectivity index (χ4v) is 1.34. The van der Waals surface area contributed by atoms with Crippen LogP contribution in [0.4, 0.5) is 0 Å². The monoisotopic (exact) mass is 204 g/mol. The first-order valence-electron chi connectivity index (χ1n) is 5.03. The molecular formula is C13H16O2. The standard InChI is InChI=1S/C13H16O2/c1-4-15-13(12(14)10(2)3)11-8-6-5-7-9-11/h5-9,13H,2,4H2,1,3H3. The second-order valence-electron chi connectivity index (χ2n) is 3.39. The van der Waals surface area contributed by atoms with Gasteiger partial charge in [0.15, 0.2) is 5.78 Å². The van der Waals surface area contributed by atoms with Gasteiger partial charge in [-0.3, -0.25) is 4.79 Å². The Hall–Kier alpha value is -1.41. The molecule has 0 saturated carbocycles. The molecule has 0 aliphatic heterocycles. The van der Waals surface area contributed by atoms with Crippen LogP contribution in [-0.2, 0) is 9.53 Å². The minimum atomic E-state index is -0.506. The van der Waals surface area contributed by atoms with E-state index in [4.69, 9.17) is 4.74 Å². The van der Waals surface area contributed by atoms with Crippen LogP contribution in [0.15, 0.2) is 42.5 Å². The molecule has 1 unspecified atom stereocenters. The lowest BCUT2D eigenvalue weighted by atomic mass is 10.0. The Labute approximate surface area is 90.6 Å². The quantitative estimate of drug-likeness (QED) is 0.689. The molecular weight excluding hydrogens is 188 g/mol. The van der Waals surface area contributed by atoms with Crippen LogP contribution >= 0.6 is 0 Å². The number of Topliss-reactive ketones (excluding diaryl/α,β-unsaturated/α-hetero) is 1. The second-order valence-corrected chi connectivity index (χ2v) is 3.39. The SMILES string of the molecule is C=C(C)C(=O)C(OCC)c1ccccc1. The van der Waals surface area contributed by atoms with Crippen LogP contribution in [0.2, 0.25) is 0 Å². The molecule has 15 heavy (non-hydrogen) atoms. The minimum Gasteiger partial charge on any atom is -0.366 e. The Morgan fingerprint density at radius 2 is 2.00 bits per heavy atom. The van der Waals surface area contributed by atoms with Crippen LogP contribution in [0.1, 0.15) is 25.5 Å². The van der Waals surface area contributed by atoms with E-state index in [0.717, 1.165) is 5.56 Å². The predicted octanol–water partition coefficient (Wildman–Crippen LogP) is 2.91. The molecule has 0 N–H and O–H groups in total. The van der Waals surface area contributed by atoms with E-state index in [1.165, 1.54) is 0 Å². The van der Waals surface area contributed by atoms with Crippen molar-refractivity contribution in [1.82, 2.24) is 0 Å². The number of hydrogen-bond donors (Lipinski definition) is 0. The lowest BCUT2D eigenvalue weighted by Gasteiger charge is -2.15. The van der Waals surface area contributed by atoms with Crippen LogP contribution in [-0.4, -0.2) is 12.4 Å². The van der Waals surface area contributed by atoms with Crippen molar-refractivity contribution in [2.45, 2.75) is 20.0 Å². The summed E-state index contributed by atoms with van der Waals surface area (Å²) in [6, 6.07) is 9.49. The van der Waals surface area contributed by atoms with Gasteiger partial charge in [0.1, 0.15) is 6.10 Å². The number of benzene rings is 1. The zero-order valence-electron chi connectivity index (χ0n) is 9.19. The topological polar surface area (TPSA) is 26.3 Å². The van der Waals surface area contributed by atoms with Crippen molar-refractivity contribution in [3.8, 4) is 0 Å². The van der Waals surface area contributed by atoms with Gasteiger partial charge in [-0.15, -0.1) is 0 Å². The maximum Gasteiger partial charge on any atom is 0.191 e. The largest absolute Gasteiger partial charge is 0.366 e. The molecule has 0 aliphatic rings. The first-order valence-corrected chi connectivity index (χ1v) is 5.03. The summed E-state index contributed by atoms with van der Waals surface area (Å²) in [4.78, 5) is 11.8. The van der Waals surface area contributed by atoms with Crippen molar-refractivity contribution >= 4 is 5.78 Å². The number of hydrogen-bond acceptors (Lipinski definition) is 2. The van der Waals surface area contributed by atoms with Gasteiger partial charge < -0.3 is 4.74 Å². The molecule has 0 aromatic heterocycles. The van der Waals surface area contributed by atoms with Crippen molar-refractivity contribution < 1.29 is 9.53 Å². The van der Waals surface area contributed by atoms with E-state index in [1.807, 2.05) is 37.3 Å². The molecule has 0 amide bonds. The molecule has 0 saturated heterocycles. The highest BCUT2D eigenvalue weighted by molar-refractivity contribution is 5.98. The van der Waals surface area contributed by atoms with Gasteiger partial charge in [-0.25, -0.2) is 0 Å². The van der Waals surface area contributed by atoms with Crippen molar-refractivity contribution in [3.05, 3.63) is 48.0 Å². The van der Waals surface area contributed by atoms with E-state index in [9.17, 15) is 4.79 Å².